The summed E-state index contributed by atoms with van der Waals surface area (Å²) in [4.78, 5) is 0. The van der Waals surface area contributed by atoms with E-state index in [2.05, 4.69) is 11.6 Å². The Hall–Kier alpha value is 0.0700. The standard InChI is InChI=1S/C9H20N2OS/c1-8-5-3-4-6-9(8,7-10)11-13(2)12/h8,11H,3-7,10H2,1-2H3. The van der Waals surface area contributed by atoms with Crippen LogP contribution in [0.3, 0.4) is 0 Å². The first-order chi connectivity index (χ1) is 6.10. The van der Waals surface area contributed by atoms with Gasteiger partial charge in [-0.05, 0) is 18.8 Å². The van der Waals surface area contributed by atoms with Crippen molar-refractivity contribution in [2.24, 2.45) is 11.7 Å². The van der Waals surface area contributed by atoms with Crippen molar-refractivity contribution < 1.29 is 4.21 Å². The number of hydrogen-bond acceptors (Lipinski definition) is 2. The summed E-state index contributed by atoms with van der Waals surface area (Å²) >= 11 is 0. The number of nitrogens with two attached hydrogens (primary N) is 1. The number of rotatable bonds is 3. The van der Waals surface area contributed by atoms with Gasteiger partial charge < -0.3 is 5.73 Å². The summed E-state index contributed by atoms with van der Waals surface area (Å²) in [6.45, 7) is 2.79. The Balaban J connectivity index is 2.69. The molecule has 13 heavy (non-hydrogen) atoms. The molecule has 0 radical (unpaired) electrons. The maximum Gasteiger partial charge on any atom is 0.0889 e. The highest BCUT2D eigenvalue weighted by atomic mass is 32.2. The highest BCUT2D eigenvalue weighted by Crippen LogP contribution is 2.32. The summed E-state index contributed by atoms with van der Waals surface area (Å²) in [6.07, 6.45) is 6.41. The molecule has 1 aliphatic carbocycles. The monoisotopic (exact) mass is 204 g/mol. The average Bonchev–Trinajstić information content (AvgIpc) is 2.08. The van der Waals surface area contributed by atoms with E-state index < -0.39 is 11.0 Å². The largest absolute Gasteiger partial charge is 0.329 e. The van der Waals surface area contributed by atoms with Crippen LogP contribution in [0, 0.1) is 5.92 Å². The van der Waals surface area contributed by atoms with Crippen LogP contribution in [-0.4, -0.2) is 22.5 Å². The lowest BCUT2D eigenvalue weighted by Gasteiger charge is -2.41. The van der Waals surface area contributed by atoms with Gasteiger partial charge in [0.2, 0.25) is 0 Å². The van der Waals surface area contributed by atoms with Gasteiger partial charge in [0.25, 0.3) is 0 Å². The molecule has 3 atom stereocenters. The molecule has 3 N–H and O–H groups in total. The van der Waals surface area contributed by atoms with E-state index in [4.69, 9.17) is 5.73 Å². The normalized spacial score (nSPS) is 37.3. The van der Waals surface area contributed by atoms with Gasteiger partial charge in [-0.25, -0.2) is 8.93 Å². The van der Waals surface area contributed by atoms with Gasteiger partial charge in [-0.15, -0.1) is 0 Å². The molecule has 0 heterocycles. The van der Waals surface area contributed by atoms with Gasteiger partial charge in [-0.3, -0.25) is 0 Å². The quantitative estimate of drug-likeness (QED) is 0.713. The molecule has 1 aliphatic rings. The van der Waals surface area contributed by atoms with Crippen LogP contribution < -0.4 is 10.5 Å². The molecular weight excluding hydrogens is 184 g/mol. The number of hydrogen-bond donors (Lipinski definition) is 2. The molecule has 3 unspecified atom stereocenters. The summed E-state index contributed by atoms with van der Waals surface area (Å²) in [5.41, 5.74) is 5.71. The van der Waals surface area contributed by atoms with Crippen molar-refractivity contribution in [2.45, 2.75) is 38.1 Å². The second-order valence-corrected chi connectivity index (χ2v) is 5.18. The molecule has 0 aromatic rings. The van der Waals surface area contributed by atoms with Gasteiger partial charge in [0.15, 0.2) is 0 Å². The molecule has 0 amide bonds. The van der Waals surface area contributed by atoms with Crippen LogP contribution in [0.4, 0.5) is 0 Å². The molecule has 4 heteroatoms. The first kappa shape index (κ1) is 11.1. The molecule has 3 nitrogen and oxygen atoms in total. The molecule has 1 saturated carbocycles. The van der Waals surface area contributed by atoms with E-state index in [1.165, 1.54) is 19.3 Å². The average molecular weight is 204 g/mol. The Morgan fingerprint density at radius 1 is 1.62 bits per heavy atom. The van der Waals surface area contributed by atoms with Crippen molar-refractivity contribution in [1.82, 2.24) is 4.72 Å². The zero-order valence-electron chi connectivity index (χ0n) is 8.51. The van der Waals surface area contributed by atoms with Crippen molar-refractivity contribution in [3.05, 3.63) is 0 Å². The van der Waals surface area contributed by atoms with Gasteiger partial charge in [0.05, 0.1) is 11.0 Å². The van der Waals surface area contributed by atoms with Gasteiger partial charge >= 0.3 is 0 Å². The fourth-order valence-corrected chi connectivity index (χ4v) is 3.16. The van der Waals surface area contributed by atoms with Crippen LogP contribution in [0.15, 0.2) is 0 Å². The van der Waals surface area contributed by atoms with Crippen LogP contribution in [-0.2, 0) is 11.0 Å². The Morgan fingerprint density at radius 3 is 2.77 bits per heavy atom. The molecule has 0 aromatic carbocycles. The first-order valence-corrected chi connectivity index (χ1v) is 6.48. The number of nitrogens with one attached hydrogen (secondary N) is 1. The third-order valence-corrected chi connectivity index (χ3v) is 3.86. The Morgan fingerprint density at radius 2 is 2.31 bits per heavy atom. The van der Waals surface area contributed by atoms with Crippen LogP contribution in [0.1, 0.15) is 32.6 Å². The van der Waals surface area contributed by atoms with E-state index in [9.17, 15) is 4.21 Å². The summed E-state index contributed by atoms with van der Waals surface area (Å²) in [7, 11) is -0.953. The summed E-state index contributed by atoms with van der Waals surface area (Å²) in [6, 6.07) is 0. The minimum Gasteiger partial charge on any atom is -0.329 e. The second kappa shape index (κ2) is 4.53. The Kier molecular flexibility index (Phi) is 3.88. The first-order valence-electron chi connectivity index (χ1n) is 4.92. The van der Waals surface area contributed by atoms with E-state index in [0.29, 0.717) is 12.5 Å². The van der Waals surface area contributed by atoms with E-state index in [0.717, 1.165) is 6.42 Å². The lowest BCUT2D eigenvalue weighted by Crippen LogP contribution is -2.57. The maximum absolute atomic E-state index is 11.2. The van der Waals surface area contributed by atoms with Crippen LogP contribution >= 0.6 is 0 Å². The topological polar surface area (TPSA) is 55.1 Å². The third-order valence-electron chi connectivity index (χ3n) is 3.16. The minimum absolute atomic E-state index is 0.0716. The fraction of sp³-hybridized carbons (Fsp3) is 1.00. The molecule has 78 valence electrons. The van der Waals surface area contributed by atoms with Gasteiger partial charge in [-0.1, -0.05) is 19.8 Å². The third kappa shape index (κ3) is 2.51. The fourth-order valence-electron chi connectivity index (χ4n) is 2.20. The van der Waals surface area contributed by atoms with Gasteiger partial charge in [-0.2, -0.15) is 0 Å². The highest BCUT2D eigenvalue weighted by molar-refractivity contribution is 7.82. The molecule has 1 rings (SSSR count). The van der Waals surface area contributed by atoms with Gasteiger partial charge in [0, 0.05) is 18.3 Å². The molecule has 0 saturated heterocycles. The summed E-state index contributed by atoms with van der Waals surface area (Å²) in [5, 5.41) is 0. The predicted octanol–water partition coefficient (Wildman–Crippen LogP) is 0.777. The predicted molar refractivity (Wildman–Crippen MR) is 56.6 cm³/mol. The molecule has 0 bridgehead atoms. The van der Waals surface area contributed by atoms with Crippen molar-refractivity contribution in [3.8, 4) is 0 Å². The maximum atomic E-state index is 11.2. The molecule has 0 aromatic heterocycles. The Bertz CT molecular complexity index is 198. The Labute approximate surface area is 83.1 Å². The van der Waals surface area contributed by atoms with Crippen molar-refractivity contribution in [3.63, 3.8) is 0 Å². The van der Waals surface area contributed by atoms with Crippen LogP contribution in [0.2, 0.25) is 0 Å². The van der Waals surface area contributed by atoms with Gasteiger partial charge in [0.1, 0.15) is 0 Å². The van der Waals surface area contributed by atoms with E-state index in [1.54, 1.807) is 6.26 Å². The van der Waals surface area contributed by atoms with Crippen LogP contribution in [0.25, 0.3) is 0 Å². The van der Waals surface area contributed by atoms with E-state index >= 15 is 0 Å². The van der Waals surface area contributed by atoms with Crippen molar-refractivity contribution in [1.29, 1.82) is 0 Å². The summed E-state index contributed by atoms with van der Waals surface area (Å²) < 4.78 is 14.3. The molecular formula is C9H20N2OS. The zero-order valence-corrected chi connectivity index (χ0v) is 9.32. The smallest absolute Gasteiger partial charge is 0.0889 e. The van der Waals surface area contributed by atoms with Crippen molar-refractivity contribution in [2.75, 3.05) is 12.8 Å². The SMILES string of the molecule is CC1CCCCC1(CN)NS(C)=O. The van der Waals surface area contributed by atoms with Crippen molar-refractivity contribution >= 4 is 11.0 Å². The van der Waals surface area contributed by atoms with E-state index in [-0.39, 0.29) is 5.54 Å². The highest BCUT2D eigenvalue weighted by Gasteiger charge is 2.37. The zero-order chi connectivity index (χ0) is 9.90. The second-order valence-electron chi connectivity index (χ2n) is 4.06. The lowest BCUT2D eigenvalue weighted by molar-refractivity contribution is 0.194. The molecule has 0 spiro atoms. The van der Waals surface area contributed by atoms with Crippen LogP contribution in [0.5, 0.6) is 0 Å². The molecule has 1 fully saturated rings. The minimum atomic E-state index is -0.953. The molecule has 0 aliphatic heterocycles. The van der Waals surface area contributed by atoms with E-state index in [1.807, 2.05) is 0 Å². The summed E-state index contributed by atoms with van der Waals surface area (Å²) in [5.74, 6) is 0.537. The lowest BCUT2D eigenvalue weighted by atomic mass is 9.74.